The number of allylic oxidation sites excluding steroid dienone is 2. The number of halogens is 2. The SMILES string of the molecule is CC(C)(C)[NH-].[CH2-]c1ccccc1C1=C(CN(C)C)C=CC1.[Cl-].[Cl-].[Ti+2]. The van der Waals surface area contributed by atoms with Crippen LogP contribution in [0, 0.1) is 6.92 Å². The van der Waals surface area contributed by atoms with Crippen LogP contribution in [0.25, 0.3) is 11.3 Å². The summed E-state index contributed by atoms with van der Waals surface area (Å²) < 4.78 is 0. The smallest absolute Gasteiger partial charge is 1.00 e. The van der Waals surface area contributed by atoms with Gasteiger partial charge < -0.3 is 35.4 Å². The number of hydrogen-bond acceptors (Lipinski definition) is 1. The second-order valence-corrected chi connectivity index (χ2v) is 6.76. The van der Waals surface area contributed by atoms with Crippen molar-refractivity contribution in [3.05, 3.63) is 65.8 Å². The van der Waals surface area contributed by atoms with Crippen LogP contribution in [0.15, 0.2) is 42.0 Å². The Balaban J connectivity index is -0.000000490. The summed E-state index contributed by atoms with van der Waals surface area (Å²) in [5.41, 5.74) is 12.0. The van der Waals surface area contributed by atoms with Gasteiger partial charge in [-0.15, -0.1) is 23.2 Å². The van der Waals surface area contributed by atoms with Gasteiger partial charge in [-0.05, 0) is 26.1 Å². The predicted molar refractivity (Wildman–Crippen MR) is 94.2 cm³/mol. The number of hydrogen-bond donors (Lipinski definition) is 0. The number of likely N-dealkylation sites (N-methyl/N-ethyl adjacent to an activating group) is 1. The molecule has 1 aliphatic carbocycles. The van der Waals surface area contributed by atoms with E-state index in [0.29, 0.717) is 0 Å². The molecule has 0 heterocycles. The fourth-order valence-corrected chi connectivity index (χ4v) is 2.14. The van der Waals surface area contributed by atoms with Crippen molar-refractivity contribution in [1.82, 2.24) is 4.90 Å². The number of nitrogens with zero attached hydrogens (tertiary/aromatic N) is 1. The summed E-state index contributed by atoms with van der Waals surface area (Å²) in [4.78, 5) is 2.21. The van der Waals surface area contributed by atoms with Crippen LogP contribution in [-0.4, -0.2) is 31.1 Å². The van der Waals surface area contributed by atoms with Crippen LogP contribution >= 0.6 is 0 Å². The first-order chi connectivity index (χ1) is 9.68. The zero-order valence-electron chi connectivity index (χ0n) is 15.3. The zero-order valence-corrected chi connectivity index (χ0v) is 18.4. The maximum absolute atomic E-state index is 6.94. The molecule has 2 rings (SSSR count). The summed E-state index contributed by atoms with van der Waals surface area (Å²) in [6.45, 7) is 10.7. The largest absolute Gasteiger partial charge is 2.00 e. The van der Waals surface area contributed by atoms with Gasteiger partial charge in [0.15, 0.2) is 0 Å². The summed E-state index contributed by atoms with van der Waals surface area (Å²) in [5, 5.41) is 0. The Morgan fingerprint density at radius 1 is 1.12 bits per heavy atom. The topological polar surface area (TPSA) is 27.0 Å². The average Bonchev–Trinajstić information content (AvgIpc) is 2.74. The first kappa shape index (κ1) is 28.6. The molecule has 5 heteroatoms. The first-order valence-corrected chi connectivity index (χ1v) is 7.38. The van der Waals surface area contributed by atoms with E-state index in [1.807, 2.05) is 26.8 Å². The minimum atomic E-state index is -0.250. The van der Waals surface area contributed by atoms with Crippen LogP contribution in [0.4, 0.5) is 0 Å². The molecule has 1 aliphatic rings. The van der Waals surface area contributed by atoms with Crippen LogP contribution in [0.2, 0.25) is 0 Å². The van der Waals surface area contributed by atoms with Crippen LogP contribution in [-0.2, 0) is 21.7 Å². The molecule has 134 valence electrons. The fourth-order valence-electron chi connectivity index (χ4n) is 2.14. The Kier molecular flexibility index (Phi) is 15.5. The van der Waals surface area contributed by atoms with Gasteiger partial charge in [0.05, 0.1) is 0 Å². The van der Waals surface area contributed by atoms with Crippen molar-refractivity contribution in [1.29, 1.82) is 0 Å². The van der Waals surface area contributed by atoms with Crippen LogP contribution in [0.3, 0.4) is 0 Å². The summed E-state index contributed by atoms with van der Waals surface area (Å²) in [6.07, 6.45) is 5.51. The molecule has 1 aromatic carbocycles. The Labute approximate surface area is 175 Å². The van der Waals surface area contributed by atoms with Crippen molar-refractivity contribution in [2.75, 3.05) is 20.6 Å². The van der Waals surface area contributed by atoms with Crippen molar-refractivity contribution in [2.24, 2.45) is 0 Å². The molecule has 0 amide bonds. The third-order valence-corrected chi connectivity index (χ3v) is 2.86. The molecule has 0 saturated carbocycles. The number of nitrogens with one attached hydrogen (secondary N) is 1. The molecular weight excluding hydrogens is 375 g/mol. The standard InChI is InChI=1S/C15H18N.C4H10N.2ClH.Ti/c1-12-7-4-5-9-14(12)15-10-6-8-13(15)11-16(2)3;1-4(2,3)5;;;/h4-9H,1,10-11H2,2-3H3;5H,1-3H3;2*1H;/q2*-1;;;+2/p-2. The van der Waals surface area contributed by atoms with Crippen molar-refractivity contribution >= 4 is 5.57 Å². The molecule has 0 fully saturated rings. The Hall–Kier alpha value is -0.216. The van der Waals surface area contributed by atoms with E-state index < -0.39 is 0 Å². The molecule has 1 N–H and O–H groups in total. The summed E-state index contributed by atoms with van der Waals surface area (Å²) in [7, 11) is 4.21. The van der Waals surface area contributed by atoms with Gasteiger partial charge in [-0.2, -0.15) is 18.6 Å². The Morgan fingerprint density at radius 3 is 2.08 bits per heavy atom. The summed E-state index contributed by atoms with van der Waals surface area (Å²) in [6, 6.07) is 8.37. The minimum absolute atomic E-state index is 0. The van der Waals surface area contributed by atoms with Crippen LogP contribution in [0.5, 0.6) is 0 Å². The molecule has 0 unspecified atom stereocenters. The van der Waals surface area contributed by atoms with E-state index in [1.165, 1.54) is 16.7 Å². The predicted octanol–water partition coefficient (Wildman–Crippen LogP) is -1.01. The molecule has 0 atom stereocenters. The molecular formula is C19H28Cl2N2Ti-2. The molecule has 0 saturated heterocycles. The summed E-state index contributed by atoms with van der Waals surface area (Å²) in [5.74, 6) is 0. The minimum Gasteiger partial charge on any atom is -1.00 e. The monoisotopic (exact) mass is 402 g/mol. The molecule has 0 spiro atoms. The average molecular weight is 403 g/mol. The summed E-state index contributed by atoms with van der Waals surface area (Å²) >= 11 is 0. The van der Waals surface area contributed by atoms with E-state index >= 15 is 0 Å². The maximum Gasteiger partial charge on any atom is 2.00 e. The van der Waals surface area contributed by atoms with Crippen molar-refractivity contribution in [3.8, 4) is 0 Å². The van der Waals surface area contributed by atoms with E-state index in [0.717, 1.165) is 18.5 Å². The molecule has 0 radical (unpaired) electrons. The van der Waals surface area contributed by atoms with E-state index in [9.17, 15) is 0 Å². The Morgan fingerprint density at radius 2 is 1.62 bits per heavy atom. The van der Waals surface area contributed by atoms with Crippen molar-refractivity contribution < 1.29 is 46.5 Å². The second kappa shape index (κ2) is 13.1. The van der Waals surface area contributed by atoms with Gasteiger partial charge in [0.25, 0.3) is 0 Å². The van der Waals surface area contributed by atoms with Crippen molar-refractivity contribution in [3.63, 3.8) is 0 Å². The second-order valence-electron chi connectivity index (χ2n) is 6.76. The van der Waals surface area contributed by atoms with Gasteiger partial charge in [0.2, 0.25) is 0 Å². The van der Waals surface area contributed by atoms with E-state index in [1.54, 1.807) is 0 Å². The van der Waals surface area contributed by atoms with E-state index in [4.69, 9.17) is 5.73 Å². The maximum atomic E-state index is 6.94. The van der Waals surface area contributed by atoms with Crippen LogP contribution < -0.4 is 24.8 Å². The third kappa shape index (κ3) is 11.4. The van der Waals surface area contributed by atoms with Crippen molar-refractivity contribution in [2.45, 2.75) is 32.7 Å². The van der Waals surface area contributed by atoms with Gasteiger partial charge in [-0.1, -0.05) is 44.6 Å². The number of rotatable bonds is 3. The molecule has 0 aromatic heterocycles. The van der Waals surface area contributed by atoms with E-state index in [-0.39, 0.29) is 52.1 Å². The quantitative estimate of drug-likeness (QED) is 0.470. The van der Waals surface area contributed by atoms with Gasteiger partial charge in [-0.3, -0.25) is 0 Å². The van der Waals surface area contributed by atoms with Crippen LogP contribution in [0.1, 0.15) is 38.3 Å². The molecule has 0 bridgehead atoms. The van der Waals surface area contributed by atoms with Gasteiger partial charge >= 0.3 is 21.7 Å². The number of benzene rings is 1. The zero-order chi connectivity index (χ0) is 16.0. The third-order valence-electron chi connectivity index (χ3n) is 2.86. The normalized spacial score (nSPS) is 12.6. The van der Waals surface area contributed by atoms with Gasteiger partial charge in [0, 0.05) is 6.54 Å². The van der Waals surface area contributed by atoms with E-state index in [2.05, 4.69) is 56.3 Å². The van der Waals surface area contributed by atoms with Gasteiger partial charge in [0.1, 0.15) is 0 Å². The molecule has 24 heavy (non-hydrogen) atoms. The fraction of sp³-hybridized carbons (Fsp3) is 0.421. The molecule has 0 aliphatic heterocycles. The van der Waals surface area contributed by atoms with Gasteiger partial charge in [-0.25, -0.2) is 0 Å². The molecule has 1 aromatic rings. The molecule has 2 nitrogen and oxygen atoms in total. The first-order valence-electron chi connectivity index (χ1n) is 7.38. The Bertz CT molecular complexity index is 526.